The highest BCUT2D eigenvalue weighted by Crippen LogP contribution is 2.07. The van der Waals surface area contributed by atoms with Gasteiger partial charge < -0.3 is 4.57 Å². The quantitative estimate of drug-likeness (QED) is 0.692. The molecule has 76 valence electrons. The Kier molecular flexibility index (Phi) is 2.29. The molecule has 4 nitrogen and oxygen atoms in total. The first-order valence-electron chi connectivity index (χ1n) is 4.30. The Morgan fingerprint density at radius 2 is 2.27 bits per heavy atom. The van der Waals surface area contributed by atoms with Gasteiger partial charge in [-0.25, -0.2) is 9.37 Å². The molecule has 0 amide bonds. The number of ketones is 1. The number of pyridine rings is 1. The van der Waals surface area contributed by atoms with Gasteiger partial charge in [0.15, 0.2) is 0 Å². The van der Waals surface area contributed by atoms with Gasteiger partial charge in [0.1, 0.15) is 11.5 Å². The molecule has 2 heterocycles. The molecule has 2 rings (SSSR count). The van der Waals surface area contributed by atoms with Crippen LogP contribution in [0.4, 0.5) is 4.39 Å². The lowest BCUT2D eigenvalue weighted by molar-refractivity contribution is 0.103. The number of aryl methyl sites for hydroxylation is 1. The van der Waals surface area contributed by atoms with Crippen molar-refractivity contribution in [2.24, 2.45) is 7.05 Å². The van der Waals surface area contributed by atoms with Crippen molar-refractivity contribution < 1.29 is 9.18 Å². The Morgan fingerprint density at radius 3 is 2.87 bits per heavy atom. The van der Waals surface area contributed by atoms with Crippen LogP contribution in [0.3, 0.4) is 0 Å². The Balaban J connectivity index is 2.36. The van der Waals surface area contributed by atoms with E-state index >= 15 is 0 Å². The smallest absolute Gasteiger partial charge is 0.214 e. The Morgan fingerprint density at radius 1 is 1.47 bits per heavy atom. The molecular formula is C10H8FN3O. The summed E-state index contributed by atoms with van der Waals surface area (Å²) >= 11 is 0. The molecule has 0 bridgehead atoms. The largest absolute Gasteiger partial charge is 0.340 e. The van der Waals surface area contributed by atoms with Crippen LogP contribution in [0.15, 0.2) is 31.0 Å². The number of hydrogen-bond donors (Lipinski definition) is 0. The second-order valence-corrected chi connectivity index (χ2v) is 3.15. The van der Waals surface area contributed by atoms with E-state index in [1.54, 1.807) is 17.8 Å². The number of aromatic nitrogens is 3. The van der Waals surface area contributed by atoms with E-state index in [0.717, 1.165) is 12.3 Å². The third-order valence-electron chi connectivity index (χ3n) is 1.90. The third-order valence-corrected chi connectivity index (χ3v) is 1.90. The zero-order valence-corrected chi connectivity index (χ0v) is 8.01. The summed E-state index contributed by atoms with van der Waals surface area (Å²) in [4.78, 5) is 19.2. The molecule has 0 radical (unpaired) electrons. The Labute approximate surface area is 85.4 Å². The van der Waals surface area contributed by atoms with E-state index in [2.05, 4.69) is 9.97 Å². The molecule has 0 saturated heterocycles. The lowest BCUT2D eigenvalue weighted by Crippen LogP contribution is -2.02. The molecule has 2 aromatic heterocycles. The van der Waals surface area contributed by atoms with Crippen molar-refractivity contribution >= 4 is 5.78 Å². The third kappa shape index (κ3) is 1.90. The zero-order chi connectivity index (χ0) is 10.8. The molecule has 5 heteroatoms. The van der Waals surface area contributed by atoms with Gasteiger partial charge in [-0.1, -0.05) is 0 Å². The fraction of sp³-hybridized carbons (Fsp3) is 0.100. The van der Waals surface area contributed by atoms with Gasteiger partial charge in [-0.15, -0.1) is 0 Å². The predicted octanol–water partition coefficient (Wildman–Crippen LogP) is 1.19. The standard InChI is InChI=1S/C10H8FN3O/c1-14-5-9(13-6-14)10(15)7-2-8(11)4-12-3-7/h2-6H,1H3. The predicted molar refractivity (Wildman–Crippen MR) is 50.8 cm³/mol. The molecule has 0 spiro atoms. The molecule has 15 heavy (non-hydrogen) atoms. The first-order valence-corrected chi connectivity index (χ1v) is 4.30. The van der Waals surface area contributed by atoms with Crippen LogP contribution in [-0.2, 0) is 7.05 Å². The maximum Gasteiger partial charge on any atom is 0.214 e. The number of rotatable bonds is 2. The number of halogens is 1. The van der Waals surface area contributed by atoms with Crippen LogP contribution in [0.5, 0.6) is 0 Å². The molecule has 0 saturated carbocycles. The topological polar surface area (TPSA) is 47.8 Å². The van der Waals surface area contributed by atoms with Crippen LogP contribution < -0.4 is 0 Å². The lowest BCUT2D eigenvalue weighted by atomic mass is 10.1. The van der Waals surface area contributed by atoms with Crippen LogP contribution in [0.2, 0.25) is 0 Å². The minimum absolute atomic E-state index is 0.203. The molecule has 0 aromatic carbocycles. The van der Waals surface area contributed by atoms with Crippen LogP contribution in [0, 0.1) is 5.82 Å². The van der Waals surface area contributed by atoms with Crippen LogP contribution >= 0.6 is 0 Å². The number of carbonyl (C=O) groups excluding carboxylic acids is 1. The average molecular weight is 205 g/mol. The maximum atomic E-state index is 12.8. The summed E-state index contributed by atoms with van der Waals surface area (Å²) in [6, 6.07) is 1.14. The molecule has 2 aromatic rings. The molecule has 0 N–H and O–H groups in total. The average Bonchev–Trinajstić information content (AvgIpc) is 2.64. The second-order valence-electron chi connectivity index (χ2n) is 3.15. The first-order chi connectivity index (χ1) is 7.16. The minimum atomic E-state index is -0.531. The van der Waals surface area contributed by atoms with Gasteiger partial charge in [0, 0.05) is 25.0 Å². The molecule has 0 atom stereocenters. The fourth-order valence-corrected chi connectivity index (χ4v) is 1.21. The van der Waals surface area contributed by atoms with E-state index in [9.17, 15) is 9.18 Å². The van der Waals surface area contributed by atoms with Crippen LogP contribution in [-0.4, -0.2) is 20.3 Å². The number of nitrogens with zero attached hydrogens (tertiary/aromatic N) is 3. The number of hydrogen-bond acceptors (Lipinski definition) is 3. The SMILES string of the molecule is Cn1cnc(C(=O)c2cncc(F)c2)c1. The van der Waals surface area contributed by atoms with Crippen molar-refractivity contribution in [3.8, 4) is 0 Å². The van der Waals surface area contributed by atoms with Gasteiger partial charge in [-0.3, -0.25) is 9.78 Å². The first kappa shape index (κ1) is 9.51. The fourth-order valence-electron chi connectivity index (χ4n) is 1.21. The summed E-state index contributed by atoms with van der Waals surface area (Å²) in [6.45, 7) is 0. The van der Waals surface area contributed by atoms with Crippen molar-refractivity contribution in [1.29, 1.82) is 0 Å². The molecule has 0 aliphatic rings. The molecule has 0 aliphatic carbocycles. The maximum absolute atomic E-state index is 12.8. The van der Waals surface area contributed by atoms with Crippen molar-refractivity contribution in [2.45, 2.75) is 0 Å². The highest BCUT2D eigenvalue weighted by atomic mass is 19.1. The van der Waals surface area contributed by atoms with Crippen LogP contribution in [0.25, 0.3) is 0 Å². The number of imidazole rings is 1. The molecule has 0 unspecified atom stereocenters. The van der Waals surface area contributed by atoms with E-state index in [0.29, 0.717) is 0 Å². The van der Waals surface area contributed by atoms with Crippen molar-refractivity contribution in [3.63, 3.8) is 0 Å². The molecule has 0 fully saturated rings. The van der Waals surface area contributed by atoms with Gasteiger partial charge in [0.05, 0.1) is 12.5 Å². The summed E-state index contributed by atoms with van der Waals surface area (Å²) in [5.41, 5.74) is 0.485. The number of carbonyl (C=O) groups is 1. The van der Waals surface area contributed by atoms with E-state index < -0.39 is 5.82 Å². The molecular weight excluding hydrogens is 197 g/mol. The summed E-state index contributed by atoms with van der Waals surface area (Å²) < 4.78 is 14.5. The Hall–Kier alpha value is -2.04. The molecule has 0 aliphatic heterocycles. The highest BCUT2D eigenvalue weighted by molar-refractivity contribution is 6.07. The highest BCUT2D eigenvalue weighted by Gasteiger charge is 2.12. The van der Waals surface area contributed by atoms with Gasteiger partial charge in [0.25, 0.3) is 0 Å². The van der Waals surface area contributed by atoms with Crippen molar-refractivity contribution in [1.82, 2.24) is 14.5 Å². The Bertz CT molecular complexity index is 507. The van der Waals surface area contributed by atoms with E-state index in [1.165, 1.54) is 12.5 Å². The van der Waals surface area contributed by atoms with Gasteiger partial charge in [0.2, 0.25) is 5.78 Å². The normalized spacial score (nSPS) is 10.3. The summed E-state index contributed by atoms with van der Waals surface area (Å²) in [6.07, 6.45) is 5.46. The van der Waals surface area contributed by atoms with E-state index in [-0.39, 0.29) is 17.0 Å². The second kappa shape index (κ2) is 3.61. The van der Waals surface area contributed by atoms with E-state index in [4.69, 9.17) is 0 Å². The monoisotopic (exact) mass is 205 g/mol. The van der Waals surface area contributed by atoms with Gasteiger partial charge in [-0.05, 0) is 6.07 Å². The lowest BCUT2D eigenvalue weighted by Gasteiger charge is -1.96. The van der Waals surface area contributed by atoms with E-state index in [1.807, 2.05) is 0 Å². The summed E-state index contributed by atoms with van der Waals surface area (Å²) in [7, 11) is 1.76. The summed E-state index contributed by atoms with van der Waals surface area (Å²) in [5, 5.41) is 0. The zero-order valence-electron chi connectivity index (χ0n) is 8.01. The minimum Gasteiger partial charge on any atom is -0.340 e. The van der Waals surface area contributed by atoms with Crippen LogP contribution in [0.1, 0.15) is 16.1 Å². The van der Waals surface area contributed by atoms with Crippen molar-refractivity contribution in [3.05, 3.63) is 48.1 Å². The van der Waals surface area contributed by atoms with Gasteiger partial charge >= 0.3 is 0 Å². The van der Waals surface area contributed by atoms with Gasteiger partial charge in [-0.2, -0.15) is 0 Å². The van der Waals surface area contributed by atoms with Crippen molar-refractivity contribution in [2.75, 3.05) is 0 Å². The summed E-state index contributed by atoms with van der Waals surface area (Å²) in [5.74, 6) is -0.862.